The summed E-state index contributed by atoms with van der Waals surface area (Å²) in [6, 6.07) is 17.2. The van der Waals surface area contributed by atoms with Crippen LogP contribution in [0.25, 0.3) is 22.2 Å². The zero-order chi connectivity index (χ0) is 22.2. The number of H-pyrrole nitrogens is 1. The van der Waals surface area contributed by atoms with Gasteiger partial charge in [-0.2, -0.15) is 5.10 Å². The summed E-state index contributed by atoms with van der Waals surface area (Å²) >= 11 is 0. The number of aryl methyl sites for hydroxylation is 3. The number of rotatable bonds is 6. The Labute approximate surface area is 187 Å². The van der Waals surface area contributed by atoms with Crippen molar-refractivity contribution in [2.45, 2.75) is 52.6 Å². The van der Waals surface area contributed by atoms with E-state index in [1.54, 1.807) is 0 Å². The minimum absolute atomic E-state index is 0.0608. The average molecular weight is 426 g/mol. The van der Waals surface area contributed by atoms with E-state index in [2.05, 4.69) is 77.6 Å². The maximum Gasteiger partial charge on any atom is 0.230 e. The van der Waals surface area contributed by atoms with Crippen molar-refractivity contribution in [3.05, 3.63) is 76.9 Å². The standard InChI is InChI=1S/C26H27N5O/c1-16-5-4-6-20(11-16)26-21(13-19-8-7-17(2)12-23(19)28-26)15-31(22-9-10-22)25(32)14-24-27-18(3)29-30-24/h4-8,11-13,22H,9-10,14-15H2,1-3H3,(H,27,29,30). The molecular formula is C26H27N5O. The lowest BCUT2D eigenvalue weighted by molar-refractivity contribution is -0.131. The van der Waals surface area contributed by atoms with Crippen molar-refractivity contribution < 1.29 is 4.79 Å². The van der Waals surface area contributed by atoms with E-state index in [-0.39, 0.29) is 18.4 Å². The van der Waals surface area contributed by atoms with Crippen LogP contribution >= 0.6 is 0 Å². The molecule has 1 saturated carbocycles. The van der Waals surface area contributed by atoms with Gasteiger partial charge in [0.05, 0.1) is 17.6 Å². The van der Waals surface area contributed by atoms with Gasteiger partial charge in [-0.15, -0.1) is 0 Å². The highest BCUT2D eigenvalue weighted by Crippen LogP contribution is 2.33. The normalized spacial score (nSPS) is 13.5. The van der Waals surface area contributed by atoms with E-state index in [0.29, 0.717) is 12.4 Å². The molecule has 162 valence electrons. The molecular weight excluding hydrogens is 398 g/mol. The summed E-state index contributed by atoms with van der Waals surface area (Å²) in [6.45, 7) is 6.55. The van der Waals surface area contributed by atoms with Gasteiger partial charge in [0.25, 0.3) is 0 Å². The van der Waals surface area contributed by atoms with Gasteiger partial charge in [0.1, 0.15) is 5.82 Å². The lowest BCUT2D eigenvalue weighted by atomic mass is 10.0. The molecule has 6 nitrogen and oxygen atoms in total. The van der Waals surface area contributed by atoms with Crippen LogP contribution in [0.3, 0.4) is 0 Å². The Morgan fingerprint density at radius 2 is 1.84 bits per heavy atom. The lowest BCUT2D eigenvalue weighted by Crippen LogP contribution is -2.34. The minimum Gasteiger partial charge on any atom is -0.335 e. The van der Waals surface area contributed by atoms with Gasteiger partial charge < -0.3 is 4.90 Å². The van der Waals surface area contributed by atoms with Crippen molar-refractivity contribution in [3.8, 4) is 11.3 Å². The van der Waals surface area contributed by atoms with Crippen LogP contribution in [0.2, 0.25) is 0 Å². The molecule has 5 rings (SSSR count). The number of carbonyl (C=O) groups is 1. The number of carbonyl (C=O) groups excluding carboxylic acids is 1. The van der Waals surface area contributed by atoms with Gasteiger partial charge in [0.15, 0.2) is 5.82 Å². The van der Waals surface area contributed by atoms with E-state index in [9.17, 15) is 4.79 Å². The summed E-state index contributed by atoms with van der Waals surface area (Å²) in [5.41, 5.74) is 6.44. The molecule has 2 aromatic carbocycles. The molecule has 0 spiro atoms. The molecule has 2 heterocycles. The molecule has 2 aromatic heterocycles. The summed E-state index contributed by atoms with van der Waals surface area (Å²) in [5.74, 6) is 1.33. The van der Waals surface area contributed by atoms with Gasteiger partial charge >= 0.3 is 0 Å². The molecule has 1 aliphatic carbocycles. The molecule has 1 N–H and O–H groups in total. The van der Waals surface area contributed by atoms with Crippen molar-refractivity contribution >= 4 is 16.8 Å². The molecule has 0 aliphatic heterocycles. The highest BCUT2D eigenvalue weighted by Gasteiger charge is 2.33. The third-order valence-corrected chi connectivity index (χ3v) is 5.95. The van der Waals surface area contributed by atoms with Gasteiger partial charge in [0, 0.05) is 23.5 Å². The Kier molecular flexibility index (Phi) is 5.21. The number of benzene rings is 2. The highest BCUT2D eigenvalue weighted by atomic mass is 16.2. The number of aromatic amines is 1. The van der Waals surface area contributed by atoms with Crippen LogP contribution in [0.5, 0.6) is 0 Å². The first-order chi connectivity index (χ1) is 15.5. The minimum atomic E-state index is 0.0608. The predicted octanol–water partition coefficient (Wildman–Crippen LogP) is 4.68. The first-order valence-electron chi connectivity index (χ1n) is 11.1. The number of pyridine rings is 1. The van der Waals surface area contributed by atoms with Gasteiger partial charge in [-0.1, -0.05) is 35.9 Å². The maximum atomic E-state index is 13.2. The fraction of sp³-hybridized carbons (Fsp3) is 0.308. The van der Waals surface area contributed by atoms with Crippen molar-refractivity contribution in [1.29, 1.82) is 0 Å². The zero-order valence-electron chi connectivity index (χ0n) is 18.7. The number of hydrogen-bond acceptors (Lipinski definition) is 4. The third kappa shape index (κ3) is 4.26. The van der Waals surface area contributed by atoms with Gasteiger partial charge in [-0.3, -0.25) is 9.89 Å². The van der Waals surface area contributed by atoms with Crippen LogP contribution in [-0.2, 0) is 17.8 Å². The SMILES string of the molecule is Cc1cccc(-c2nc3cc(C)ccc3cc2CN(C(=O)Cc2n[nH]c(C)n2)C2CC2)c1. The number of aromatic nitrogens is 4. The van der Waals surface area contributed by atoms with Crippen LogP contribution in [0.15, 0.2) is 48.5 Å². The maximum absolute atomic E-state index is 13.2. The molecule has 0 radical (unpaired) electrons. The molecule has 0 bridgehead atoms. The van der Waals surface area contributed by atoms with Crippen LogP contribution in [0.1, 0.15) is 41.2 Å². The predicted molar refractivity (Wildman–Crippen MR) is 125 cm³/mol. The van der Waals surface area contributed by atoms with Crippen LogP contribution in [-0.4, -0.2) is 37.0 Å². The smallest absolute Gasteiger partial charge is 0.230 e. The Balaban J connectivity index is 1.54. The molecule has 32 heavy (non-hydrogen) atoms. The Bertz CT molecular complexity index is 1300. The van der Waals surface area contributed by atoms with E-state index in [1.807, 2.05) is 11.8 Å². The zero-order valence-corrected chi connectivity index (χ0v) is 18.7. The molecule has 1 fully saturated rings. The second-order valence-electron chi connectivity index (χ2n) is 8.83. The van der Waals surface area contributed by atoms with E-state index < -0.39 is 0 Å². The Hall–Kier alpha value is -3.54. The molecule has 1 amide bonds. The van der Waals surface area contributed by atoms with E-state index >= 15 is 0 Å². The largest absolute Gasteiger partial charge is 0.335 e. The van der Waals surface area contributed by atoms with Gasteiger partial charge in [-0.05, 0) is 62.9 Å². The van der Waals surface area contributed by atoms with Crippen LogP contribution in [0.4, 0.5) is 0 Å². The molecule has 4 aromatic rings. The van der Waals surface area contributed by atoms with Crippen molar-refractivity contribution in [1.82, 2.24) is 25.1 Å². The summed E-state index contributed by atoms with van der Waals surface area (Å²) in [7, 11) is 0. The van der Waals surface area contributed by atoms with Crippen LogP contribution < -0.4 is 0 Å². The van der Waals surface area contributed by atoms with Gasteiger partial charge in [0.2, 0.25) is 5.91 Å². The summed E-state index contributed by atoms with van der Waals surface area (Å²) in [6.07, 6.45) is 2.29. The topological polar surface area (TPSA) is 74.8 Å². The van der Waals surface area contributed by atoms with Crippen molar-refractivity contribution in [2.24, 2.45) is 0 Å². The summed E-state index contributed by atoms with van der Waals surface area (Å²) in [4.78, 5) is 24.6. The Morgan fingerprint density at radius 3 is 2.56 bits per heavy atom. The lowest BCUT2D eigenvalue weighted by Gasteiger charge is -2.24. The highest BCUT2D eigenvalue weighted by molar-refractivity contribution is 5.85. The van der Waals surface area contributed by atoms with Gasteiger partial charge in [-0.25, -0.2) is 9.97 Å². The molecule has 0 unspecified atom stereocenters. The number of hydrogen-bond donors (Lipinski definition) is 1. The monoisotopic (exact) mass is 425 g/mol. The fourth-order valence-corrected chi connectivity index (χ4v) is 4.18. The quantitative estimate of drug-likeness (QED) is 0.487. The molecule has 1 aliphatic rings. The second-order valence-corrected chi connectivity index (χ2v) is 8.83. The van der Waals surface area contributed by atoms with E-state index in [1.165, 1.54) is 11.1 Å². The number of nitrogens with zero attached hydrogens (tertiary/aromatic N) is 4. The summed E-state index contributed by atoms with van der Waals surface area (Å²) in [5, 5.41) is 8.07. The number of amides is 1. The molecule has 6 heteroatoms. The number of nitrogens with one attached hydrogen (secondary N) is 1. The fourth-order valence-electron chi connectivity index (χ4n) is 4.18. The van der Waals surface area contributed by atoms with E-state index in [0.717, 1.165) is 46.4 Å². The summed E-state index contributed by atoms with van der Waals surface area (Å²) < 4.78 is 0. The third-order valence-electron chi connectivity index (χ3n) is 5.95. The van der Waals surface area contributed by atoms with Crippen molar-refractivity contribution in [3.63, 3.8) is 0 Å². The first kappa shape index (κ1) is 20.4. The second kappa shape index (κ2) is 8.19. The average Bonchev–Trinajstić information content (AvgIpc) is 3.53. The molecule has 0 atom stereocenters. The number of fused-ring (bicyclic) bond motifs is 1. The van der Waals surface area contributed by atoms with Crippen molar-refractivity contribution in [2.75, 3.05) is 0 Å². The first-order valence-corrected chi connectivity index (χ1v) is 11.1. The Morgan fingerprint density at radius 1 is 1.03 bits per heavy atom. The van der Waals surface area contributed by atoms with E-state index in [4.69, 9.17) is 4.98 Å². The van der Waals surface area contributed by atoms with Crippen LogP contribution in [0, 0.1) is 20.8 Å². The molecule has 0 saturated heterocycles.